The molecule has 0 bridgehead atoms. The van der Waals surface area contributed by atoms with Gasteiger partial charge in [0.05, 0.1) is 18.3 Å². The molecular formula is C36H38ClF3N8O5. The van der Waals surface area contributed by atoms with Gasteiger partial charge in [-0.05, 0) is 84.8 Å². The molecule has 13 nitrogen and oxygen atoms in total. The van der Waals surface area contributed by atoms with Gasteiger partial charge in [-0.25, -0.2) is 0 Å². The lowest BCUT2D eigenvalue weighted by molar-refractivity contribution is -0.154. The smallest absolute Gasteiger partial charge is 0.422 e. The number of hydrogen-bond acceptors (Lipinski definition) is 10. The lowest BCUT2D eigenvalue weighted by Gasteiger charge is -2.25. The summed E-state index contributed by atoms with van der Waals surface area (Å²) in [6.07, 6.45) is -3.14. The van der Waals surface area contributed by atoms with Crippen molar-refractivity contribution in [1.82, 2.24) is 25.6 Å². The molecule has 5 rings (SSSR count). The molecule has 1 aromatic heterocycles. The van der Waals surface area contributed by atoms with E-state index in [-0.39, 0.29) is 25.0 Å². The van der Waals surface area contributed by atoms with E-state index in [0.29, 0.717) is 27.7 Å². The molecule has 1 aliphatic rings. The molecule has 4 aromatic rings. The van der Waals surface area contributed by atoms with Gasteiger partial charge in [0.2, 0.25) is 11.9 Å². The molecule has 53 heavy (non-hydrogen) atoms. The van der Waals surface area contributed by atoms with Crippen molar-refractivity contribution >= 4 is 52.6 Å². The minimum absolute atomic E-state index is 0.00838. The normalized spacial score (nSPS) is 13.4. The Morgan fingerprint density at radius 1 is 0.868 bits per heavy atom. The average molecular weight is 755 g/mol. The average Bonchev–Trinajstić information content (AvgIpc) is 3.89. The number of benzene rings is 3. The third-order valence-electron chi connectivity index (χ3n) is 8.15. The monoisotopic (exact) mass is 754 g/mol. The topological polar surface area (TPSA) is 168 Å². The van der Waals surface area contributed by atoms with Gasteiger partial charge in [-0.1, -0.05) is 43.6 Å². The Morgan fingerprint density at radius 2 is 1.53 bits per heavy atom. The highest BCUT2D eigenvalue weighted by atomic mass is 35.5. The number of rotatable bonds is 14. The van der Waals surface area contributed by atoms with Crippen molar-refractivity contribution in [3.05, 3.63) is 88.4 Å². The standard InChI is InChI=1S/C36H38ClF3N8O5/c1-21-5-14-26(27(17-21)52-4)44-30(51)29(50)42-19-34(2,3)18-41-28(49)22-6-12-25(13-7-22)43-31-45-32(47-33(46-31)53-20-36(38,39)40)48-35(15-16-35)23-8-10-24(37)11-9-23/h5-14,17H,15-16,18-20H2,1-4H3,(H,41,49)(H,42,50)(H,44,51)(H2,43,45,46,47,48). The molecule has 1 saturated carbocycles. The van der Waals surface area contributed by atoms with Crippen molar-refractivity contribution in [2.24, 2.45) is 5.41 Å². The van der Waals surface area contributed by atoms with Crippen molar-refractivity contribution in [3.8, 4) is 11.8 Å². The van der Waals surface area contributed by atoms with Gasteiger partial charge in [0, 0.05) is 29.4 Å². The highest BCUT2D eigenvalue weighted by Crippen LogP contribution is 2.48. The van der Waals surface area contributed by atoms with E-state index in [0.717, 1.165) is 24.0 Å². The Morgan fingerprint density at radius 3 is 2.17 bits per heavy atom. The fourth-order valence-electron chi connectivity index (χ4n) is 5.07. The molecule has 3 amide bonds. The number of carbonyl (C=O) groups is 3. The van der Waals surface area contributed by atoms with Crippen LogP contribution in [0, 0.1) is 12.3 Å². The number of aromatic nitrogens is 3. The van der Waals surface area contributed by atoms with Crippen molar-refractivity contribution in [2.75, 3.05) is 42.8 Å². The summed E-state index contributed by atoms with van der Waals surface area (Å²) in [6, 6.07) is 18.0. The molecule has 17 heteroatoms. The summed E-state index contributed by atoms with van der Waals surface area (Å²) in [4.78, 5) is 50.3. The summed E-state index contributed by atoms with van der Waals surface area (Å²) in [5, 5.41) is 14.7. The van der Waals surface area contributed by atoms with Crippen LogP contribution < -0.4 is 36.1 Å². The third kappa shape index (κ3) is 10.9. The molecule has 0 spiro atoms. The fraction of sp³-hybridized carbons (Fsp3) is 0.333. The van der Waals surface area contributed by atoms with Gasteiger partial charge in [0.15, 0.2) is 6.61 Å². The lowest BCUT2D eigenvalue weighted by Crippen LogP contribution is -2.45. The first kappa shape index (κ1) is 38.6. The number of anilines is 4. The highest BCUT2D eigenvalue weighted by molar-refractivity contribution is 6.39. The minimum Gasteiger partial charge on any atom is -0.495 e. The summed E-state index contributed by atoms with van der Waals surface area (Å²) in [5.74, 6) is -1.75. The number of methoxy groups -OCH3 is 1. The Labute approximate surface area is 308 Å². The van der Waals surface area contributed by atoms with E-state index in [4.69, 9.17) is 21.1 Å². The maximum Gasteiger partial charge on any atom is 0.422 e. The van der Waals surface area contributed by atoms with E-state index in [1.807, 2.05) is 32.9 Å². The van der Waals surface area contributed by atoms with E-state index in [1.165, 1.54) is 19.2 Å². The Hall–Kier alpha value is -5.64. The summed E-state index contributed by atoms with van der Waals surface area (Å²) >= 11 is 6.03. The third-order valence-corrected chi connectivity index (χ3v) is 8.40. The predicted octanol–water partition coefficient (Wildman–Crippen LogP) is 6.14. The molecule has 280 valence electrons. The molecule has 1 aliphatic carbocycles. The number of nitrogens with zero attached hydrogens (tertiary/aromatic N) is 3. The highest BCUT2D eigenvalue weighted by Gasteiger charge is 2.45. The molecule has 1 fully saturated rings. The van der Waals surface area contributed by atoms with Crippen molar-refractivity contribution < 1.29 is 37.0 Å². The van der Waals surface area contributed by atoms with Crippen LogP contribution in [0.1, 0.15) is 48.2 Å². The number of nitrogens with one attached hydrogen (secondary N) is 5. The molecule has 0 aliphatic heterocycles. The van der Waals surface area contributed by atoms with Crippen LogP contribution in [0.25, 0.3) is 0 Å². The van der Waals surface area contributed by atoms with Crippen molar-refractivity contribution in [2.45, 2.75) is 45.3 Å². The summed E-state index contributed by atoms with van der Waals surface area (Å²) in [6.45, 7) is 4.16. The maximum atomic E-state index is 13.0. The Bertz CT molecular complexity index is 1960. The molecule has 1 heterocycles. The SMILES string of the molecule is COc1cc(C)ccc1NC(=O)C(=O)NCC(C)(C)CNC(=O)c1ccc(Nc2nc(NC3(c4ccc(Cl)cc4)CC3)nc(OCC(F)(F)F)n2)cc1. The Balaban J connectivity index is 1.17. The van der Waals surface area contributed by atoms with Crippen molar-refractivity contribution in [3.63, 3.8) is 0 Å². The minimum atomic E-state index is -4.61. The second kappa shape index (κ2) is 15.9. The number of ether oxygens (including phenoxy) is 2. The maximum absolute atomic E-state index is 13.0. The van der Waals surface area contributed by atoms with Crippen LogP contribution >= 0.6 is 11.6 Å². The molecule has 0 unspecified atom stereocenters. The quantitative estimate of drug-likeness (QED) is 0.0944. The van der Waals surface area contributed by atoms with Gasteiger partial charge in [-0.15, -0.1) is 0 Å². The van der Waals surface area contributed by atoms with Gasteiger partial charge in [0.1, 0.15) is 5.75 Å². The number of halogens is 4. The first-order chi connectivity index (χ1) is 25.0. The van der Waals surface area contributed by atoms with Crippen molar-refractivity contribution in [1.29, 1.82) is 0 Å². The molecule has 5 N–H and O–H groups in total. The number of aryl methyl sites for hydroxylation is 1. The van der Waals surface area contributed by atoms with E-state index in [2.05, 4.69) is 41.5 Å². The number of carbonyl (C=O) groups excluding carboxylic acids is 3. The first-order valence-corrected chi connectivity index (χ1v) is 16.8. The number of hydrogen-bond donors (Lipinski definition) is 5. The predicted molar refractivity (Wildman–Crippen MR) is 193 cm³/mol. The van der Waals surface area contributed by atoms with Crippen LogP contribution in [0.3, 0.4) is 0 Å². The zero-order valence-electron chi connectivity index (χ0n) is 29.3. The van der Waals surface area contributed by atoms with E-state index in [9.17, 15) is 27.6 Å². The molecule has 0 atom stereocenters. The summed E-state index contributed by atoms with van der Waals surface area (Å²) in [7, 11) is 1.46. The molecular weight excluding hydrogens is 717 g/mol. The second-order valence-corrected chi connectivity index (χ2v) is 13.7. The lowest BCUT2D eigenvalue weighted by atomic mass is 9.93. The van der Waals surface area contributed by atoms with Gasteiger partial charge < -0.3 is 36.1 Å². The van der Waals surface area contributed by atoms with Crippen LogP contribution in [0.5, 0.6) is 11.8 Å². The van der Waals surface area contributed by atoms with E-state index >= 15 is 0 Å². The number of alkyl halides is 3. The fourth-order valence-corrected chi connectivity index (χ4v) is 5.20. The van der Waals surface area contributed by atoms with Gasteiger partial charge >= 0.3 is 24.0 Å². The van der Waals surface area contributed by atoms with Crippen LogP contribution in [0.15, 0.2) is 66.7 Å². The second-order valence-electron chi connectivity index (χ2n) is 13.3. The summed E-state index contributed by atoms with van der Waals surface area (Å²) in [5.41, 5.74) is 1.80. The van der Waals surface area contributed by atoms with Crippen LogP contribution in [-0.2, 0) is 15.1 Å². The number of amides is 3. The zero-order valence-corrected chi connectivity index (χ0v) is 30.0. The summed E-state index contributed by atoms with van der Waals surface area (Å²) < 4.78 is 48.9. The van der Waals surface area contributed by atoms with E-state index in [1.54, 1.807) is 42.5 Å². The van der Waals surface area contributed by atoms with Gasteiger partial charge in [-0.3, -0.25) is 14.4 Å². The molecule has 0 saturated heterocycles. The first-order valence-electron chi connectivity index (χ1n) is 16.4. The van der Waals surface area contributed by atoms with Gasteiger partial charge in [0.25, 0.3) is 5.91 Å². The molecule has 0 radical (unpaired) electrons. The molecule has 3 aromatic carbocycles. The van der Waals surface area contributed by atoms with E-state index < -0.39 is 47.5 Å². The Kier molecular flexibility index (Phi) is 11.6. The van der Waals surface area contributed by atoms with Crippen LogP contribution in [0.4, 0.5) is 36.4 Å². The van der Waals surface area contributed by atoms with Crippen LogP contribution in [0.2, 0.25) is 5.02 Å². The largest absolute Gasteiger partial charge is 0.495 e. The van der Waals surface area contributed by atoms with Gasteiger partial charge in [-0.2, -0.15) is 28.1 Å². The zero-order chi connectivity index (χ0) is 38.4. The van der Waals surface area contributed by atoms with Crippen LogP contribution in [-0.4, -0.2) is 65.7 Å².